The van der Waals surface area contributed by atoms with Gasteiger partial charge in [0.1, 0.15) is 17.3 Å². The van der Waals surface area contributed by atoms with Crippen molar-refractivity contribution in [2.24, 2.45) is 22.8 Å². The minimum Gasteiger partial charge on any atom is -0.491 e. The van der Waals surface area contributed by atoms with Crippen molar-refractivity contribution in [2.75, 3.05) is 0 Å². The first-order valence-corrected chi connectivity index (χ1v) is 15.3. The molecule has 0 saturated heterocycles. The largest absolute Gasteiger partial charge is 0.491 e. The molecule has 0 saturated carbocycles. The number of amides is 1. The molecule has 0 aliphatic rings. The molecule has 242 valence electrons. The topological polar surface area (TPSA) is 142 Å². The molecule has 3 N–H and O–H groups in total. The zero-order valence-corrected chi connectivity index (χ0v) is 27.4. The summed E-state index contributed by atoms with van der Waals surface area (Å²) in [6, 6.07) is 22.8. The predicted molar refractivity (Wildman–Crippen MR) is 188 cm³/mol. The Balaban J connectivity index is 1.54. The van der Waals surface area contributed by atoms with Crippen LogP contribution in [0.1, 0.15) is 56.4 Å². The van der Waals surface area contributed by atoms with Gasteiger partial charge in [-0.3, -0.25) is 18.8 Å². The molecule has 0 spiro atoms. The van der Waals surface area contributed by atoms with Gasteiger partial charge in [0.25, 0.3) is 11.5 Å². The Morgan fingerprint density at radius 2 is 1.73 bits per heavy atom. The second-order valence-electron chi connectivity index (χ2n) is 11.2. The van der Waals surface area contributed by atoms with Crippen molar-refractivity contribution in [1.82, 2.24) is 24.6 Å². The molecule has 48 heavy (non-hydrogen) atoms. The number of carbonyl (C=O) groups excluding carboxylic acids is 1. The Labute approximate surface area is 278 Å². The summed E-state index contributed by atoms with van der Waals surface area (Å²) in [5, 5.41) is 7.56. The smallest absolute Gasteiger partial charge is 0.274 e. The minimum atomic E-state index is -0.770. The number of aryl methyl sites for hydroxylation is 1. The molecule has 3 aromatic carbocycles. The average Bonchev–Trinajstić information content (AvgIpc) is 3.50. The maximum absolute atomic E-state index is 14.3. The van der Waals surface area contributed by atoms with Gasteiger partial charge in [-0.2, -0.15) is 5.10 Å². The van der Waals surface area contributed by atoms with Crippen molar-refractivity contribution in [3.63, 3.8) is 0 Å². The molecule has 0 aliphatic heterocycles. The normalized spacial score (nSPS) is 12.6. The van der Waals surface area contributed by atoms with Gasteiger partial charge in [-0.15, -0.1) is 0 Å². The molecule has 11 heteroatoms. The van der Waals surface area contributed by atoms with Crippen molar-refractivity contribution < 1.29 is 9.53 Å². The maximum atomic E-state index is 14.3. The lowest BCUT2D eigenvalue weighted by Crippen LogP contribution is -2.34. The lowest BCUT2D eigenvalue weighted by Gasteiger charge is -2.20. The van der Waals surface area contributed by atoms with Gasteiger partial charge in [0.05, 0.1) is 28.7 Å². The second kappa shape index (κ2) is 14.4. The molecule has 2 aromatic heterocycles. The number of nitrogens with two attached hydrogens (primary N) is 1. The van der Waals surface area contributed by atoms with Crippen molar-refractivity contribution in [2.45, 2.75) is 39.8 Å². The van der Waals surface area contributed by atoms with Crippen molar-refractivity contribution in [3.05, 3.63) is 130 Å². The Bertz CT molecular complexity index is 2170. The first-order valence-electron chi connectivity index (χ1n) is 15.3. The summed E-state index contributed by atoms with van der Waals surface area (Å²) in [6.07, 6.45) is 1.83. The third-order valence-corrected chi connectivity index (χ3v) is 7.26. The van der Waals surface area contributed by atoms with Crippen LogP contribution in [0, 0.1) is 11.8 Å². The van der Waals surface area contributed by atoms with Crippen molar-refractivity contribution >= 4 is 29.2 Å². The number of para-hydroxylation sites is 1. The van der Waals surface area contributed by atoms with Crippen LogP contribution in [-0.4, -0.2) is 43.8 Å². The van der Waals surface area contributed by atoms with Crippen LogP contribution in [0.2, 0.25) is 0 Å². The summed E-state index contributed by atoms with van der Waals surface area (Å²) in [5.41, 5.74) is 9.03. The Kier molecular flexibility index (Phi) is 9.95. The minimum absolute atomic E-state index is 0.0348. The first-order chi connectivity index (χ1) is 23.0. The van der Waals surface area contributed by atoms with Crippen LogP contribution < -0.4 is 21.3 Å². The fraction of sp³-hybridized carbons (Fsp3) is 0.189. The van der Waals surface area contributed by atoms with E-state index < -0.39 is 11.9 Å². The van der Waals surface area contributed by atoms with Gasteiger partial charge in [0.2, 0.25) is 0 Å². The van der Waals surface area contributed by atoms with E-state index in [4.69, 9.17) is 15.5 Å². The molecule has 0 aliphatic carbocycles. The Hall–Kier alpha value is -6.28. The Morgan fingerprint density at radius 1 is 1.00 bits per heavy atom. The molecule has 1 amide bonds. The fourth-order valence-electron chi connectivity index (χ4n) is 4.99. The molecule has 0 fully saturated rings. The van der Waals surface area contributed by atoms with E-state index in [0.717, 1.165) is 11.3 Å². The zero-order chi connectivity index (χ0) is 34.4. The number of hydrogen-bond donors (Lipinski definition) is 2. The number of benzene rings is 3. The number of hydrogen-bond acceptors (Lipinski definition) is 8. The van der Waals surface area contributed by atoms with E-state index in [1.807, 2.05) is 63.4 Å². The number of nitrogens with one attached hydrogen (secondary N) is 1. The van der Waals surface area contributed by atoms with Crippen LogP contribution in [0.15, 0.2) is 111 Å². The lowest BCUT2D eigenvalue weighted by molar-refractivity contribution is -0.118. The molecule has 1 atom stereocenters. The van der Waals surface area contributed by atoms with E-state index in [1.165, 1.54) is 4.57 Å². The summed E-state index contributed by atoms with van der Waals surface area (Å²) in [5.74, 6) is 6.36. The van der Waals surface area contributed by atoms with E-state index in [0.29, 0.717) is 39.4 Å². The second-order valence-corrected chi connectivity index (χ2v) is 11.2. The highest BCUT2D eigenvalue weighted by atomic mass is 16.5. The van der Waals surface area contributed by atoms with Crippen LogP contribution >= 0.6 is 0 Å². The summed E-state index contributed by atoms with van der Waals surface area (Å²) in [6.45, 7) is 10.9. The number of aromatic nitrogens is 4. The zero-order valence-electron chi connectivity index (χ0n) is 27.4. The number of carbonyl (C=O) groups is 1. The highest BCUT2D eigenvalue weighted by Gasteiger charge is 2.23. The average molecular weight is 641 g/mol. The van der Waals surface area contributed by atoms with Crippen LogP contribution in [0.3, 0.4) is 0 Å². The van der Waals surface area contributed by atoms with E-state index >= 15 is 0 Å². The SMILES string of the molecule is C=N/C(N)=C(\N=C(C)c1ccc(OC(C)C)cc1)C(=O)N[C@@H](C)c1nc2cccc(C#Cc3ccn(C)n3)c2c(=O)n1-c1ccccc1. The summed E-state index contributed by atoms with van der Waals surface area (Å²) in [4.78, 5) is 41.2. The van der Waals surface area contributed by atoms with Gasteiger partial charge in [-0.05, 0) is 100 Å². The van der Waals surface area contributed by atoms with Gasteiger partial charge < -0.3 is 15.8 Å². The van der Waals surface area contributed by atoms with Crippen LogP contribution in [-0.2, 0) is 11.8 Å². The standard InChI is InChI=1S/C37H36N8O3/c1-23(2)48-30-19-16-26(17-20-30)24(3)40-33(34(38)39-5)36(46)41-25(4)35-42-31-14-10-11-27(15-18-28-21-22-44(6)43-28)32(31)37(47)45(35)29-12-8-7-9-13-29/h7-14,16-17,19-23,25H,5,38H2,1-4,6H3,(H,41,46)/b34-33-,40-24?/t25-/m0/s1. The number of rotatable bonds is 9. The third kappa shape index (κ3) is 7.40. The summed E-state index contributed by atoms with van der Waals surface area (Å²) in [7, 11) is 1.81. The van der Waals surface area contributed by atoms with Gasteiger partial charge in [-0.1, -0.05) is 30.2 Å². The van der Waals surface area contributed by atoms with Crippen molar-refractivity contribution in [1.29, 1.82) is 0 Å². The summed E-state index contributed by atoms with van der Waals surface area (Å²) >= 11 is 0. The Morgan fingerprint density at radius 3 is 2.38 bits per heavy atom. The number of nitrogens with zero attached hydrogens (tertiary/aromatic N) is 6. The fourth-order valence-corrected chi connectivity index (χ4v) is 4.99. The molecule has 0 unspecified atom stereocenters. The molecule has 5 aromatic rings. The third-order valence-electron chi connectivity index (χ3n) is 7.26. The van der Waals surface area contributed by atoms with E-state index in [9.17, 15) is 9.59 Å². The number of aliphatic imine (C=N–C) groups is 2. The quantitative estimate of drug-likeness (QED) is 0.134. The van der Waals surface area contributed by atoms with Crippen LogP contribution in [0.25, 0.3) is 16.6 Å². The summed E-state index contributed by atoms with van der Waals surface area (Å²) < 4.78 is 8.86. The first kappa shape index (κ1) is 33.1. The molecule has 0 bridgehead atoms. The van der Waals surface area contributed by atoms with Gasteiger partial charge in [0.15, 0.2) is 11.5 Å². The highest BCUT2D eigenvalue weighted by Crippen LogP contribution is 2.21. The van der Waals surface area contributed by atoms with Crippen LogP contribution in [0.4, 0.5) is 0 Å². The number of fused-ring (bicyclic) bond motifs is 1. The van der Waals surface area contributed by atoms with E-state index in [1.54, 1.807) is 61.1 Å². The van der Waals surface area contributed by atoms with Crippen molar-refractivity contribution in [3.8, 4) is 23.3 Å². The molecule has 5 rings (SSSR count). The van der Waals surface area contributed by atoms with Crippen LogP contribution in [0.5, 0.6) is 5.75 Å². The predicted octanol–water partition coefficient (Wildman–Crippen LogP) is 4.82. The van der Waals surface area contributed by atoms with Gasteiger partial charge in [-0.25, -0.2) is 15.0 Å². The monoisotopic (exact) mass is 640 g/mol. The van der Waals surface area contributed by atoms with Gasteiger partial charge >= 0.3 is 0 Å². The molecular formula is C37H36N8O3. The molecular weight excluding hydrogens is 604 g/mol. The molecule has 2 heterocycles. The van der Waals surface area contributed by atoms with E-state index in [-0.39, 0.29) is 23.2 Å². The molecule has 11 nitrogen and oxygen atoms in total. The molecule has 0 radical (unpaired) electrons. The van der Waals surface area contributed by atoms with E-state index in [2.05, 4.69) is 39.0 Å². The van der Waals surface area contributed by atoms with Gasteiger partial charge in [0, 0.05) is 24.5 Å². The number of ether oxygens (including phenoxy) is 1. The highest BCUT2D eigenvalue weighted by molar-refractivity contribution is 6.04. The maximum Gasteiger partial charge on any atom is 0.274 e. The lowest BCUT2D eigenvalue weighted by atomic mass is 10.1.